The fourth-order valence-corrected chi connectivity index (χ4v) is 3.39. The summed E-state index contributed by atoms with van der Waals surface area (Å²) in [4.78, 5) is 12.7. The van der Waals surface area contributed by atoms with Crippen molar-refractivity contribution in [3.63, 3.8) is 0 Å². The van der Waals surface area contributed by atoms with Gasteiger partial charge in [-0.2, -0.15) is 0 Å². The Morgan fingerprint density at radius 1 is 0.938 bits per heavy atom. The number of rotatable bonds is 4. The van der Waals surface area contributed by atoms with Gasteiger partial charge in [0.25, 0.3) is 0 Å². The van der Waals surface area contributed by atoms with Gasteiger partial charge in [-0.3, -0.25) is 4.79 Å². The van der Waals surface area contributed by atoms with Gasteiger partial charge in [0, 0.05) is 0 Å². The van der Waals surface area contributed by atoms with Crippen molar-refractivity contribution in [3.05, 3.63) is 47.2 Å². The second-order valence-electron chi connectivity index (χ2n) is 7.29. The van der Waals surface area contributed by atoms with Crippen molar-refractivity contribution in [1.29, 1.82) is 0 Å². The van der Waals surface area contributed by atoms with Crippen molar-refractivity contribution in [1.82, 2.24) is 0 Å². The van der Waals surface area contributed by atoms with E-state index in [4.69, 9.17) is 14.2 Å². The first-order valence-corrected chi connectivity index (χ1v) is 9.50. The molecule has 0 unspecified atom stereocenters. The number of phenolic OH excluding ortho intramolecular Hbond substituents is 3. The van der Waals surface area contributed by atoms with Crippen LogP contribution in [0.4, 0.5) is 0 Å². The molecule has 4 rings (SSSR count). The number of hydrogen-bond donors (Lipinski definition) is 7. The Balaban J connectivity index is 1.65. The molecule has 0 aliphatic carbocycles. The maximum absolute atomic E-state index is 12.7. The third kappa shape index (κ3) is 3.72. The number of phenols is 3. The van der Waals surface area contributed by atoms with Crippen LogP contribution in [0.5, 0.6) is 28.7 Å². The topological polar surface area (TPSA) is 186 Å². The maximum atomic E-state index is 12.7. The van der Waals surface area contributed by atoms with Crippen molar-refractivity contribution in [2.75, 3.05) is 6.61 Å². The van der Waals surface area contributed by atoms with Gasteiger partial charge in [0.2, 0.25) is 17.8 Å². The maximum Gasteiger partial charge on any atom is 0.232 e. The summed E-state index contributed by atoms with van der Waals surface area (Å²) in [6.07, 6.45) is -6.59. The molecule has 0 aromatic heterocycles. The number of carbonyl (C=O) groups is 1. The molecule has 2 heterocycles. The summed E-state index contributed by atoms with van der Waals surface area (Å²) in [5.74, 6) is -2.48. The van der Waals surface area contributed by atoms with Gasteiger partial charge in [0.05, 0.1) is 12.2 Å². The average Bonchev–Trinajstić information content (AvgIpc) is 3.08. The van der Waals surface area contributed by atoms with Gasteiger partial charge in [-0.15, -0.1) is 0 Å². The molecule has 170 valence electrons. The molecule has 2 aromatic rings. The number of aliphatic hydroxyl groups excluding tert-OH is 4. The standard InChI is InChI=1S/C21H20O11/c22-7-14-16(27)17(28)18(29)21(31-14)32-20-11(24)4-2-9-15(26)13(30-19(9)20)6-8-1-3-10(23)12(25)5-8/h1-6,14,16-18,21-25,27-29H,7H2/b13-6+/t14-,16-,17+,18-,21+/m1/s1. The zero-order valence-electron chi connectivity index (χ0n) is 16.3. The quantitative estimate of drug-likeness (QED) is 0.238. The Morgan fingerprint density at radius 3 is 2.34 bits per heavy atom. The summed E-state index contributed by atoms with van der Waals surface area (Å²) < 4.78 is 16.3. The number of ether oxygens (including phenoxy) is 3. The SMILES string of the molecule is O=C1/C(=C\c2ccc(O)c(O)c2)Oc2c1ccc(O)c2O[C@@H]1O[C@H](CO)[C@@H](O)[C@H](O)[C@H]1O. The lowest BCUT2D eigenvalue weighted by Crippen LogP contribution is -2.60. The molecule has 5 atom stereocenters. The Labute approximate surface area is 180 Å². The molecule has 1 saturated heterocycles. The first kappa shape index (κ1) is 21.9. The van der Waals surface area contributed by atoms with Crippen molar-refractivity contribution in [3.8, 4) is 28.7 Å². The van der Waals surface area contributed by atoms with Gasteiger partial charge < -0.3 is 50.0 Å². The second-order valence-corrected chi connectivity index (χ2v) is 7.29. The number of Topliss-reactive ketones (excluding diaryl/α,β-unsaturated/α-hetero) is 1. The molecule has 2 aliphatic heterocycles. The molecule has 11 nitrogen and oxygen atoms in total. The molecule has 32 heavy (non-hydrogen) atoms. The molecule has 0 spiro atoms. The van der Waals surface area contributed by atoms with Crippen molar-refractivity contribution < 1.29 is 54.8 Å². The van der Waals surface area contributed by atoms with Crippen molar-refractivity contribution in [2.45, 2.75) is 30.7 Å². The number of hydrogen-bond acceptors (Lipinski definition) is 11. The second kappa shape index (κ2) is 8.30. The predicted octanol–water partition coefficient (Wildman–Crippen LogP) is -0.402. The number of aromatic hydroxyl groups is 3. The van der Waals surface area contributed by atoms with E-state index < -0.39 is 54.6 Å². The molecular formula is C21H20O11. The van der Waals surface area contributed by atoms with Gasteiger partial charge in [0.1, 0.15) is 24.4 Å². The average molecular weight is 448 g/mol. The van der Waals surface area contributed by atoms with Crippen LogP contribution in [0.25, 0.3) is 6.08 Å². The third-order valence-corrected chi connectivity index (χ3v) is 5.15. The third-order valence-electron chi connectivity index (χ3n) is 5.15. The van der Waals surface area contributed by atoms with Crippen LogP contribution < -0.4 is 9.47 Å². The zero-order valence-corrected chi connectivity index (χ0v) is 16.3. The molecule has 1 fully saturated rings. The smallest absolute Gasteiger partial charge is 0.232 e. The van der Waals surface area contributed by atoms with Gasteiger partial charge >= 0.3 is 0 Å². The van der Waals surface area contributed by atoms with E-state index in [9.17, 15) is 40.5 Å². The molecule has 0 amide bonds. The van der Waals surface area contributed by atoms with Crippen molar-refractivity contribution >= 4 is 11.9 Å². The minimum atomic E-state index is -1.74. The normalized spacial score (nSPS) is 28.4. The Hall–Kier alpha value is -3.35. The minimum absolute atomic E-state index is 0.0247. The lowest BCUT2D eigenvalue weighted by molar-refractivity contribution is -0.277. The van der Waals surface area contributed by atoms with E-state index in [1.165, 1.54) is 30.3 Å². The molecule has 0 saturated carbocycles. The highest BCUT2D eigenvalue weighted by Crippen LogP contribution is 2.46. The fourth-order valence-electron chi connectivity index (χ4n) is 3.39. The summed E-state index contributed by atoms with van der Waals surface area (Å²) in [6.45, 7) is -0.676. The Kier molecular flexibility index (Phi) is 5.67. The number of ketones is 1. The largest absolute Gasteiger partial charge is 0.504 e. The number of aliphatic hydroxyl groups is 4. The zero-order chi connectivity index (χ0) is 23.2. The Bertz CT molecular complexity index is 1080. The summed E-state index contributed by atoms with van der Waals surface area (Å²) in [6, 6.07) is 6.33. The molecule has 2 aliphatic rings. The minimum Gasteiger partial charge on any atom is -0.504 e. The van der Waals surface area contributed by atoms with Crippen LogP contribution in [-0.4, -0.2) is 78.8 Å². The summed E-state index contributed by atoms with van der Waals surface area (Å²) in [5, 5.41) is 68.6. The van der Waals surface area contributed by atoms with Crippen LogP contribution >= 0.6 is 0 Å². The van der Waals surface area contributed by atoms with E-state index in [0.29, 0.717) is 5.56 Å². The lowest BCUT2D eigenvalue weighted by Gasteiger charge is -2.39. The highest BCUT2D eigenvalue weighted by Gasteiger charge is 2.45. The van der Waals surface area contributed by atoms with E-state index in [0.717, 1.165) is 6.07 Å². The first-order valence-electron chi connectivity index (χ1n) is 9.50. The van der Waals surface area contributed by atoms with E-state index in [2.05, 4.69) is 0 Å². The molecule has 7 N–H and O–H groups in total. The summed E-state index contributed by atoms with van der Waals surface area (Å²) in [5.41, 5.74) is 0.369. The van der Waals surface area contributed by atoms with E-state index in [1.807, 2.05) is 0 Å². The molecule has 11 heteroatoms. The van der Waals surface area contributed by atoms with Crippen LogP contribution in [0.15, 0.2) is 36.1 Å². The van der Waals surface area contributed by atoms with Crippen LogP contribution in [0.1, 0.15) is 15.9 Å². The van der Waals surface area contributed by atoms with E-state index >= 15 is 0 Å². The van der Waals surface area contributed by atoms with Crippen LogP contribution in [0.3, 0.4) is 0 Å². The van der Waals surface area contributed by atoms with Gasteiger partial charge in [-0.1, -0.05) is 6.07 Å². The van der Waals surface area contributed by atoms with Crippen LogP contribution in [0.2, 0.25) is 0 Å². The van der Waals surface area contributed by atoms with Gasteiger partial charge in [-0.05, 0) is 35.9 Å². The number of carbonyl (C=O) groups excluding carboxylic acids is 1. The van der Waals surface area contributed by atoms with E-state index in [-0.39, 0.29) is 28.6 Å². The monoisotopic (exact) mass is 448 g/mol. The van der Waals surface area contributed by atoms with E-state index in [1.54, 1.807) is 0 Å². The fraction of sp³-hybridized carbons (Fsp3) is 0.286. The number of allylic oxidation sites excluding steroid dienone is 1. The lowest BCUT2D eigenvalue weighted by atomic mass is 9.99. The highest BCUT2D eigenvalue weighted by atomic mass is 16.7. The summed E-state index contributed by atoms with van der Waals surface area (Å²) >= 11 is 0. The highest BCUT2D eigenvalue weighted by molar-refractivity contribution is 6.15. The molecule has 0 radical (unpaired) electrons. The first-order chi connectivity index (χ1) is 15.2. The number of benzene rings is 2. The van der Waals surface area contributed by atoms with Gasteiger partial charge in [-0.25, -0.2) is 0 Å². The van der Waals surface area contributed by atoms with Crippen molar-refractivity contribution in [2.24, 2.45) is 0 Å². The Morgan fingerprint density at radius 2 is 1.66 bits per heavy atom. The summed E-state index contributed by atoms with van der Waals surface area (Å²) in [7, 11) is 0. The van der Waals surface area contributed by atoms with Crippen LogP contribution in [0, 0.1) is 0 Å². The molecule has 2 aromatic carbocycles. The molecular weight excluding hydrogens is 428 g/mol. The molecule has 0 bridgehead atoms. The number of fused-ring (bicyclic) bond motifs is 1. The van der Waals surface area contributed by atoms with Crippen LogP contribution in [-0.2, 0) is 4.74 Å². The van der Waals surface area contributed by atoms with Gasteiger partial charge in [0.15, 0.2) is 28.8 Å². The predicted molar refractivity (Wildman–Crippen MR) is 105 cm³/mol.